The minimum Gasteiger partial charge on any atom is -0.497 e. The molecule has 1 heterocycles. The van der Waals surface area contributed by atoms with Crippen LogP contribution in [0.5, 0.6) is 5.75 Å². The molecule has 0 saturated carbocycles. The van der Waals surface area contributed by atoms with Crippen LogP contribution in [0, 0.1) is 0 Å². The van der Waals surface area contributed by atoms with Crippen LogP contribution in [0.3, 0.4) is 0 Å². The highest BCUT2D eigenvalue weighted by Crippen LogP contribution is 2.16. The predicted molar refractivity (Wildman–Crippen MR) is 107 cm³/mol. The molecule has 1 saturated heterocycles. The molecule has 0 radical (unpaired) electrons. The number of benzene rings is 2. The molecule has 0 bridgehead atoms. The monoisotopic (exact) mass is 383 g/mol. The Kier molecular flexibility index (Phi) is 6.49. The van der Waals surface area contributed by atoms with Crippen molar-refractivity contribution >= 4 is 17.5 Å². The van der Waals surface area contributed by atoms with Crippen molar-refractivity contribution in [2.75, 3.05) is 44.8 Å². The molecule has 1 atom stereocenters. The molecule has 7 nitrogen and oxygen atoms in total. The van der Waals surface area contributed by atoms with Gasteiger partial charge in [0.1, 0.15) is 11.8 Å². The molecule has 28 heavy (non-hydrogen) atoms. The molecule has 3 rings (SSSR count). The van der Waals surface area contributed by atoms with Crippen LogP contribution in [0.25, 0.3) is 0 Å². The first-order valence-electron chi connectivity index (χ1n) is 9.27. The predicted octanol–water partition coefficient (Wildman–Crippen LogP) is 1.13. The van der Waals surface area contributed by atoms with Crippen molar-refractivity contribution in [3.63, 3.8) is 0 Å². The fraction of sp³-hybridized carbons (Fsp3) is 0.333. The second kappa shape index (κ2) is 9.23. The second-order valence-corrected chi connectivity index (χ2v) is 6.59. The van der Waals surface area contributed by atoms with E-state index in [-0.39, 0.29) is 5.91 Å². The number of piperazine rings is 1. The smallest absolute Gasteiger partial charge is 0.252 e. The average Bonchev–Trinajstić information content (AvgIpc) is 2.77. The van der Waals surface area contributed by atoms with Gasteiger partial charge in [-0.15, -0.1) is 0 Å². The van der Waals surface area contributed by atoms with E-state index in [1.165, 1.54) is 7.11 Å². The van der Waals surface area contributed by atoms with Crippen LogP contribution in [0.1, 0.15) is 10.4 Å². The van der Waals surface area contributed by atoms with Gasteiger partial charge in [0, 0.05) is 37.4 Å². The van der Waals surface area contributed by atoms with Crippen molar-refractivity contribution in [1.29, 1.82) is 0 Å². The third-order valence-electron chi connectivity index (χ3n) is 4.83. The van der Waals surface area contributed by atoms with Gasteiger partial charge in [0.2, 0.25) is 5.91 Å². The summed E-state index contributed by atoms with van der Waals surface area (Å²) in [5.41, 5.74) is 1.50. The van der Waals surface area contributed by atoms with Gasteiger partial charge in [-0.2, -0.15) is 0 Å². The van der Waals surface area contributed by atoms with Gasteiger partial charge >= 0.3 is 0 Å². The lowest BCUT2D eigenvalue weighted by Crippen LogP contribution is -2.56. The molecule has 0 aromatic heterocycles. The number of nitrogens with zero attached hydrogens (tertiary/aromatic N) is 2. The van der Waals surface area contributed by atoms with Gasteiger partial charge < -0.3 is 25.0 Å². The Hall–Kier alpha value is -3.06. The molecule has 0 spiro atoms. The number of rotatable bonds is 6. The molecule has 7 heteroatoms. The third-order valence-corrected chi connectivity index (χ3v) is 4.83. The number of ether oxygens (including phenoxy) is 1. The Balaban J connectivity index is 1.58. The van der Waals surface area contributed by atoms with Crippen LogP contribution >= 0.6 is 0 Å². The number of para-hydroxylation sites is 1. The van der Waals surface area contributed by atoms with E-state index in [0.717, 1.165) is 5.69 Å². The van der Waals surface area contributed by atoms with Crippen molar-refractivity contribution in [2.45, 2.75) is 6.04 Å². The molecule has 0 unspecified atom stereocenters. The molecule has 148 valence electrons. The Morgan fingerprint density at radius 3 is 2.43 bits per heavy atom. The fourth-order valence-corrected chi connectivity index (χ4v) is 3.24. The number of anilines is 1. The first-order valence-corrected chi connectivity index (χ1v) is 9.27. The second-order valence-electron chi connectivity index (χ2n) is 6.59. The number of carbonyl (C=O) groups is 2. The SMILES string of the molecule is COc1cccc(C(=O)N[C@@H](CO)C(=O)N2CCN(c3ccccc3)CC2)c1. The Morgan fingerprint density at radius 2 is 1.79 bits per heavy atom. The molecular weight excluding hydrogens is 358 g/mol. The number of carbonyl (C=O) groups excluding carboxylic acids is 2. The summed E-state index contributed by atoms with van der Waals surface area (Å²) in [7, 11) is 1.52. The first kappa shape index (κ1) is 19.7. The highest BCUT2D eigenvalue weighted by molar-refractivity contribution is 5.97. The summed E-state index contributed by atoms with van der Waals surface area (Å²) in [4.78, 5) is 29.1. The van der Waals surface area contributed by atoms with E-state index in [0.29, 0.717) is 37.5 Å². The van der Waals surface area contributed by atoms with Crippen molar-refractivity contribution in [1.82, 2.24) is 10.2 Å². The minimum atomic E-state index is -0.970. The molecule has 2 amide bonds. The van der Waals surface area contributed by atoms with E-state index in [9.17, 15) is 14.7 Å². The number of hydrogen-bond acceptors (Lipinski definition) is 5. The Labute approximate surface area is 164 Å². The fourth-order valence-electron chi connectivity index (χ4n) is 3.24. The summed E-state index contributed by atoms with van der Waals surface area (Å²) < 4.78 is 5.12. The summed E-state index contributed by atoms with van der Waals surface area (Å²) in [6.07, 6.45) is 0. The van der Waals surface area contributed by atoms with Gasteiger partial charge in [-0.05, 0) is 30.3 Å². The Morgan fingerprint density at radius 1 is 1.07 bits per heavy atom. The number of aliphatic hydroxyl groups is 1. The standard InChI is InChI=1S/C21H25N3O4/c1-28-18-9-5-6-16(14-18)20(26)22-19(15-25)21(27)24-12-10-23(11-13-24)17-7-3-2-4-8-17/h2-9,14,19,25H,10-13,15H2,1H3,(H,22,26)/t19-/m0/s1. The van der Waals surface area contributed by atoms with Crippen LogP contribution in [0.15, 0.2) is 54.6 Å². The van der Waals surface area contributed by atoms with Crippen LogP contribution in [-0.4, -0.2) is 67.8 Å². The van der Waals surface area contributed by atoms with Gasteiger partial charge in [0.05, 0.1) is 13.7 Å². The molecule has 2 aromatic carbocycles. The molecular formula is C21H25N3O4. The lowest BCUT2D eigenvalue weighted by Gasteiger charge is -2.37. The highest BCUT2D eigenvalue weighted by atomic mass is 16.5. The zero-order chi connectivity index (χ0) is 19.9. The molecule has 1 aliphatic heterocycles. The Bertz CT molecular complexity index is 804. The number of hydrogen-bond donors (Lipinski definition) is 2. The summed E-state index contributed by atoms with van der Waals surface area (Å²) in [5.74, 6) is -0.141. The van der Waals surface area contributed by atoms with Crippen LogP contribution in [0.4, 0.5) is 5.69 Å². The van der Waals surface area contributed by atoms with E-state index in [4.69, 9.17) is 4.74 Å². The number of nitrogens with one attached hydrogen (secondary N) is 1. The van der Waals surface area contributed by atoms with E-state index >= 15 is 0 Å². The van der Waals surface area contributed by atoms with Gasteiger partial charge in [-0.1, -0.05) is 24.3 Å². The first-order chi connectivity index (χ1) is 13.6. The molecule has 2 N–H and O–H groups in total. The topological polar surface area (TPSA) is 82.1 Å². The summed E-state index contributed by atoms with van der Waals surface area (Å²) in [6.45, 7) is 2.04. The summed E-state index contributed by atoms with van der Waals surface area (Å²) >= 11 is 0. The van der Waals surface area contributed by atoms with Gasteiger partial charge in [-0.25, -0.2) is 0 Å². The quantitative estimate of drug-likeness (QED) is 0.782. The number of methoxy groups -OCH3 is 1. The largest absolute Gasteiger partial charge is 0.497 e. The van der Waals surface area contributed by atoms with Gasteiger partial charge in [-0.3, -0.25) is 9.59 Å². The summed E-state index contributed by atoms with van der Waals surface area (Å²) in [5, 5.41) is 12.3. The van der Waals surface area contributed by atoms with Crippen molar-refractivity contribution in [3.8, 4) is 5.75 Å². The number of aliphatic hydroxyl groups excluding tert-OH is 1. The van der Waals surface area contributed by atoms with E-state index in [1.54, 1.807) is 29.2 Å². The number of amides is 2. The third kappa shape index (κ3) is 4.61. The van der Waals surface area contributed by atoms with Crippen LogP contribution < -0.4 is 15.0 Å². The van der Waals surface area contributed by atoms with Gasteiger partial charge in [0.25, 0.3) is 5.91 Å². The maximum atomic E-state index is 12.8. The van der Waals surface area contributed by atoms with Gasteiger partial charge in [0.15, 0.2) is 0 Å². The van der Waals surface area contributed by atoms with Crippen LogP contribution in [-0.2, 0) is 4.79 Å². The lowest BCUT2D eigenvalue weighted by molar-refractivity contribution is -0.134. The summed E-state index contributed by atoms with van der Waals surface area (Å²) in [6, 6.07) is 15.7. The molecule has 2 aromatic rings. The van der Waals surface area contributed by atoms with Crippen molar-refractivity contribution in [3.05, 3.63) is 60.2 Å². The van der Waals surface area contributed by atoms with Crippen molar-refractivity contribution in [2.24, 2.45) is 0 Å². The lowest BCUT2D eigenvalue weighted by atomic mass is 10.1. The van der Waals surface area contributed by atoms with Crippen LogP contribution in [0.2, 0.25) is 0 Å². The average molecular weight is 383 g/mol. The normalized spacial score (nSPS) is 15.1. The maximum Gasteiger partial charge on any atom is 0.252 e. The molecule has 1 aliphatic rings. The van der Waals surface area contributed by atoms with Crippen molar-refractivity contribution < 1.29 is 19.4 Å². The maximum absolute atomic E-state index is 12.8. The van der Waals surface area contributed by atoms with E-state index in [2.05, 4.69) is 10.2 Å². The highest BCUT2D eigenvalue weighted by Gasteiger charge is 2.28. The van der Waals surface area contributed by atoms with E-state index in [1.807, 2.05) is 30.3 Å². The zero-order valence-corrected chi connectivity index (χ0v) is 15.9. The minimum absolute atomic E-state index is 0.272. The molecule has 0 aliphatic carbocycles. The molecule has 1 fully saturated rings. The van der Waals surface area contributed by atoms with E-state index < -0.39 is 18.6 Å². The zero-order valence-electron chi connectivity index (χ0n) is 15.9.